The molecular weight excluding hydrogens is 414 g/mol. The second-order valence-corrected chi connectivity index (χ2v) is 9.17. The molecular formula is C20H22ClN3O4S. The lowest BCUT2D eigenvalue weighted by molar-refractivity contribution is 0.0998. The summed E-state index contributed by atoms with van der Waals surface area (Å²) in [7, 11) is -3.79. The number of nitrogens with zero attached hydrogens (tertiary/aromatic N) is 1. The van der Waals surface area contributed by atoms with Gasteiger partial charge in [-0.25, -0.2) is 8.42 Å². The summed E-state index contributed by atoms with van der Waals surface area (Å²) in [5.74, 6) is -1.05. The molecule has 1 aliphatic rings. The average molecular weight is 436 g/mol. The zero-order valence-corrected chi connectivity index (χ0v) is 17.3. The monoisotopic (exact) mass is 435 g/mol. The minimum absolute atomic E-state index is 0.0715. The topological polar surface area (TPSA) is 110 Å². The van der Waals surface area contributed by atoms with Crippen LogP contribution < -0.4 is 11.1 Å². The van der Waals surface area contributed by atoms with Crippen LogP contribution in [0.5, 0.6) is 0 Å². The van der Waals surface area contributed by atoms with E-state index in [-0.39, 0.29) is 15.5 Å². The minimum atomic E-state index is -3.79. The Hall–Kier alpha value is -2.42. The molecule has 2 amide bonds. The van der Waals surface area contributed by atoms with E-state index in [1.807, 2.05) is 0 Å². The third-order valence-electron chi connectivity index (χ3n) is 4.80. The average Bonchev–Trinajstić information content (AvgIpc) is 2.98. The van der Waals surface area contributed by atoms with Crippen LogP contribution in [0, 0.1) is 0 Å². The molecule has 0 aliphatic carbocycles. The summed E-state index contributed by atoms with van der Waals surface area (Å²) in [6, 6.07) is 10.3. The summed E-state index contributed by atoms with van der Waals surface area (Å²) in [5, 5.41) is 2.75. The maximum atomic E-state index is 13.1. The highest BCUT2D eigenvalue weighted by Crippen LogP contribution is 2.28. The first-order valence-electron chi connectivity index (χ1n) is 9.30. The van der Waals surface area contributed by atoms with Crippen LogP contribution in [-0.4, -0.2) is 37.6 Å². The maximum Gasteiger partial charge on any atom is 0.255 e. The van der Waals surface area contributed by atoms with E-state index in [1.165, 1.54) is 34.6 Å². The van der Waals surface area contributed by atoms with Crippen molar-refractivity contribution in [2.75, 3.05) is 18.4 Å². The summed E-state index contributed by atoms with van der Waals surface area (Å²) < 4.78 is 27.6. The number of sulfonamides is 1. The van der Waals surface area contributed by atoms with Crippen molar-refractivity contribution in [1.82, 2.24) is 4.31 Å². The molecule has 29 heavy (non-hydrogen) atoms. The van der Waals surface area contributed by atoms with Gasteiger partial charge in [0.05, 0.1) is 5.02 Å². The fraction of sp³-hybridized carbons (Fsp3) is 0.300. The molecule has 0 radical (unpaired) electrons. The van der Waals surface area contributed by atoms with Gasteiger partial charge in [-0.3, -0.25) is 9.59 Å². The highest BCUT2D eigenvalue weighted by molar-refractivity contribution is 7.89. The molecule has 154 valence electrons. The number of hydrogen-bond acceptors (Lipinski definition) is 4. The Balaban J connectivity index is 1.84. The molecule has 7 nitrogen and oxygen atoms in total. The van der Waals surface area contributed by atoms with Gasteiger partial charge in [-0.15, -0.1) is 0 Å². The molecule has 3 rings (SSSR count). The summed E-state index contributed by atoms with van der Waals surface area (Å²) >= 11 is 6.17. The van der Waals surface area contributed by atoms with E-state index < -0.39 is 21.8 Å². The van der Waals surface area contributed by atoms with Crippen molar-refractivity contribution in [3.63, 3.8) is 0 Å². The fourth-order valence-electron chi connectivity index (χ4n) is 3.18. The lowest BCUT2D eigenvalue weighted by Crippen LogP contribution is -2.32. The number of rotatable bonds is 5. The second kappa shape index (κ2) is 8.94. The van der Waals surface area contributed by atoms with Gasteiger partial charge in [0.2, 0.25) is 15.9 Å². The van der Waals surface area contributed by atoms with Crippen LogP contribution in [0.1, 0.15) is 46.4 Å². The first-order chi connectivity index (χ1) is 13.8. The quantitative estimate of drug-likeness (QED) is 0.750. The number of halogens is 1. The molecule has 0 bridgehead atoms. The largest absolute Gasteiger partial charge is 0.366 e. The second-order valence-electron chi connectivity index (χ2n) is 6.86. The molecule has 0 saturated carbocycles. The van der Waals surface area contributed by atoms with Crippen molar-refractivity contribution in [2.45, 2.75) is 30.6 Å². The SMILES string of the molecule is NC(=O)c1ccc(NC(=O)c2ccc(Cl)c(S(=O)(=O)N3CCCCCC3)c2)cc1. The van der Waals surface area contributed by atoms with Gasteiger partial charge in [0.25, 0.3) is 5.91 Å². The van der Waals surface area contributed by atoms with Gasteiger partial charge in [-0.05, 0) is 55.3 Å². The number of carbonyl (C=O) groups excluding carboxylic acids is 2. The Labute approximate surface area is 174 Å². The van der Waals surface area contributed by atoms with Crippen molar-refractivity contribution < 1.29 is 18.0 Å². The van der Waals surface area contributed by atoms with Crippen molar-refractivity contribution in [1.29, 1.82) is 0 Å². The molecule has 3 N–H and O–H groups in total. The predicted octanol–water partition coefficient (Wildman–Crippen LogP) is 3.26. The fourth-order valence-corrected chi connectivity index (χ4v) is 5.20. The molecule has 2 aromatic rings. The third kappa shape index (κ3) is 4.95. The summed E-state index contributed by atoms with van der Waals surface area (Å²) in [6.07, 6.45) is 3.60. The molecule has 0 atom stereocenters. The van der Waals surface area contributed by atoms with Gasteiger partial charge >= 0.3 is 0 Å². The third-order valence-corrected chi connectivity index (χ3v) is 7.18. The van der Waals surface area contributed by atoms with E-state index in [9.17, 15) is 18.0 Å². The van der Waals surface area contributed by atoms with E-state index in [0.717, 1.165) is 25.7 Å². The Morgan fingerprint density at radius 3 is 2.10 bits per heavy atom. The van der Waals surface area contributed by atoms with Gasteiger partial charge in [-0.2, -0.15) is 4.31 Å². The Morgan fingerprint density at radius 1 is 0.931 bits per heavy atom. The lowest BCUT2D eigenvalue weighted by atomic mass is 10.1. The lowest BCUT2D eigenvalue weighted by Gasteiger charge is -2.21. The van der Waals surface area contributed by atoms with E-state index in [2.05, 4.69) is 5.32 Å². The normalized spacial score (nSPS) is 15.5. The summed E-state index contributed by atoms with van der Waals surface area (Å²) in [5.41, 5.74) is 6.14. The highest BCUT2D eigenvalue weighted by Gasteiger charge is 2.28. The molecule has 9 heteroatoms. The molecule has 0 spiro atoms. The summed E-state index contributed by atoms with van der Waals surface area (Å²) in [4.78, 5) is 23.7. The molecule has 0 aromatic heterocycles. The first kappa shape index (κ1) is 21.3. The van der Waals surface area contributed by atoms with Crippen LogP contribution in [-0.2, 0) is 10.0 Å². The Bertz CT molecular complexity index is 1010. The molecule has 1 aliphatic heterocycles. The van der Waals surface area contributed by atoms with Gasteiger partial charge in [0, 0.05) is 29.9 Å². The van der Waals surface area contributed by atoms with E-state index in [1.54, 1.807) is 12.1 Å². The minimum Gasteiger partial charge on any atom is -0.366 e. The predicted molar refractivity (Wildman–Crippen MR) is 112 cm³/mol. The summed E-state index contributed by atoms with van der Waals surface area (Å²) in [6.45, 7) is 0.891. The van der Waals surface area contributed by atoms with E-state index in [4.69, 9.17) is 17.3 Å². The van der Waals surface area contributed by atoms with E-state index in [0.29, 0.717) is 24.3 Å². The van der Waals surface area contributed by atoms with Gasteiger partial charge in [0.15, 0.2) is 0 Å². The highest BCUT2D eigenvalue weighted by atomic mass is 35.5. The van der Waals surface area contributed by atoms with Crippen LogP contribution in [0.25, 0.3) is 0 Å². The number of primary amides is 1. The number of benzene rings is 2. The van der Waals surface area contributed by atoms with Gasteiger partial charge in [-0.1, -0.05) is 24.4 Å². The van der Waals surface area contributed by atoms with Crippen LogP contribution in [0.4, 0.5) is 5.69 Å². The zero-order valence-electron chi connectivity index (χ0n) is 15.7. The Kier molecular flexibility index (Phi) is 6.56. The first-order valence-corrected chi connectivity index (χ1v) is 11.1. The Morgan fingerprint density at radius 2 is 1.52 bits per heavy atom. The molecule has 1 saturated heterocycles. The van der Waals surface area contributed by atoms with Gasteiger partial charge in [0.1, 0.15) is 4.90 Å². The molecule has 2 aromatic carbocycles. The molecule has 0 unspecified atom stereocenters. The van der Waals surface area contributed by atoms with Gasteiger partial charge < -0.3 is 11.1 Å². The van der Waals surface area contributed by atoms with Crippen LogP contribution in [0.15, 0.2) is 47.4 Å². The zero-order chi connectivity index (χ0) is 21.0. The number of anilines is 1. The maximum absolute atomic E-state index is 13.1. The van der Waals surface area contributed by atoms with E-state index >= 15 is 0 Å². The number of hydrogen-bond donors (Lipinski definition) is 2. The van der Waals surface area contributed by atoms with Crippen molar-refractivity contribution in [3.8, 4) is 0 Å². The molecule has 1 heterocycles. The number of nitrogens with two attached hydrogens (primary N) is 1. The van der Waals surface area contributed by atoms with Crippen LogP contribution in [0.2, 0.25) is 5.02 Å². The van der Waals surface area contributed by atoms with Crippen molar-refractivity contribution in [3.05, 3.63) is 58.6 Å². The standard InChI is InChI=1S/C20H22ClN3O4S/c21-17-10-7-15(20(26)23-16-8-5-14(6-9-16)19(22)25)13-18(17)29(27,28)24-11-3-1-2-4-12-24/h5-10,13H,1-4,11-12H2,(H2,22,25)(H,23,26). The van der Waals surface area contributed by atoms with Crippen LogP contribution in [0.3, 0.4) is 0 Å². The number of carbonyl (C=O) groups is 2. The van der Waals surface area contributed by atoms with Crippen molar-refractivity contribution >= 4 is 39.1 Å². The smallest absolute Gasteiger partial charge is 0.255 e. The number of nitrogens with one attached hydrogen (secondary N) is 1. The number of amides is 2. The molecule has 1 fully saturated rings. The van der Waals surface area contributed by atoms with Crippen molar-refractivity contribution in [2.24, 2.45) is 5.73 Å². The van der Waals surface area contributed by atoms with Crippen LogP contribution >= 0.6 is 11.6 Å².